The van der Waals surface area contributed by atoms with E-state index in [-0.39, 0.29) is 44.8 Å². The van der Waals surface area contributed by atoms with Crippen molar-refractivity contribution in [1.82, 2.24) is 0 Å². The van der Waals surface area contributed by atoms with E-state index in [1.54, 1.807) is 0 Å². The molecule has 322 valence electrons. The second-order valence-electron chi connectivity index (χ2n) is 17.0. The monoisotopic (exact) mass is 1260 g/mol. The summed E-state index contributed by atoms with van der Waals surface area (Å²) in [6.45, 7) is 9.58. The molecule has 0 aromatic heterocycles. The van der Waals surface area contributed by atoms with Crippen LogP contribution in [0.1, 0.15) is 11.1 Å². The van der Waals surface area contributed by atoms with Gasteiger partial charge < -0.3 is 12.8 Å². The van der Waals surface area contributed by atoms with Gasteiger partial charge in [0.05, 0.1) is 37.1 Å². The molecule has 0 fully saturated rings. The molecule has 8 aromatic carbocycles. The SMILES string of the molecule is [Au+].[Au+].[C-]#Cc1ccc2c(c1)-c1ccccc1[Si]2(C)C.[C-]#Cc1ccc2c(c1)-c1ccccc1[Si]2(C)C.c1ccc([PH+](CC[PH+](c2ccccc2)c2ccccc2)c2ccccc2)cc1. The molecule has 0 aliphatic carbocycles. The minimum Gasteiger partial charge on any atom is -0.366 e. The number of fused-ring (bicyclic) bond motifs is 6. The molecule has 2 aliphatic heterocycles. The molecule has 0 unspecified atom stereocenters. The van der Waals surface area contributed by atoms with Gasteiger partial charge in [-0.15, -0.1) is 35.4 Å². The van der Waals surface area contributed by atoms with Crippen LogP contribution in [-0.4, -0.2) is 28.5 Å². The molecule has 64 heavy (non-hydrogen) atoms. The molecule has 6 heteroatoms. The molecule has 0 amide bonds. The van der Waals surface area contributed by atoms with Gasteiger partial charge in [0.2, 0.25) is 0 Å². The van der Waals surface area contributed by atoms with Gasteiger partial charge in [-0.2, -0.15) is 0 Å². The van der Waals surface area contributed by atoms with Gasteiger partial charge in [0.25, 0.3) is 0 Å². The zero-order valence-electron chi connectivity index (χ0n) is 36.6. The van der Waals surface area contributed by atoms with Crippen LogP contribution in [0.5, 0.6) is 0 Å². The Kier molecular flexibility index (Phi) is 17.1. The van der Waals surface area contributed by atoms with Gasteiger partial charge in [-0.25, -0.2) is 0 Å². The van der Waals surface area contributed by atoms with Crippen molar-refractivity contribution in [2.75, 3.05) is 12.3 Å². The fourth-order valence-corrected chi connectivity index (χ4v) is 21.7. The van der Waals surface area contributed by atoms with Crippen LogP contribution in [0.2, 0.25) is 26.2 Å². The van der Waals surface area contributed by atoms with Crippen molar-refractivity contribution in [3.63, 3.8) is 0 Å². The number of benzene rings is 8. The predicted octanol–water partition coefficient (Wildman–Crippen LogP) is 9.57. The van der Waals surface area contributed by atoms with Crippen molar-refractivity contribution in [3.8, 4) is 34.1 Å². The molecule has 10 rings (SSSR count). The van der Waals surface area contributed by atoms with Crippen molar-refractivity contribution in [3.05, 3.63) is 230 Å². The van der Waals surface area contributed by atoms with E-state index in [1.807, 2.05) is 12.1 Å². The van der Waals surface area contributed by atoms with Crippen LogP contribution in [0.4, 0.5) is 0 Å². The Morgan fingerprint density at radius 2 is 0.609 bits per heavy atom. The number of hydrogen-bond acceptors (Lipinski definition) is 0. The molecule has 8 aromatic rings. The summed E-state index contributed by atoms with van der Waals surface area (Å²) in [5.74, 6) is 4.96. The second-order valence-corrected chi connectivity index (χ2v) is 30.9. The van der Waals surface area contributed by atoms with Gasteiger partial charge in [-0.3, -0.25) is 11.8 Å². The molecule has 0 saturated heterocycles. The Bertz CT molecular complexity index is 2610. The normalized spacial score (nSPS) is 12.8. The minimum atomic E-state index is -1.51. The maximum atomic E-state index is 7.25. The van der Waals surface area contributed by atoms with E-state index in [0.29, 0.717) is 0 Å². The first-order valence-corrected chi connectivity index (χ1v) is 30.9. The van der Waals surface area contributed by atoms with E-state index >= 15 is 0 Å². The minimum absolute atomic E-state index is 0. The van der Waals surface area contributed by atoms with Crippen LogP contribution >= 0.6 is 15.8 Å². The smallest absolute Gasteiger partial charge is 0.366 e. The number of rotatable bonds is 7. The Morgan fingerprint density at radius 1 is 0.344 bits per heavy atom. The van der Waals surface area contributed by atoms with E-state index < -0.39 is 32.0 Å². The Balaban J connectivity index is 0.000000165. The summed E-state index contributed by atoms with van der Waals surface area (Å²) in [6, 6.07) is 74.5. The fourth-order valence-electron chi connectivity index (χ4n) is 9.31. The van der Waals surface area contributed by atoms with Crippen LogP contribution in [0.3, 0.4) is 0 Å². The van der Waals surface area contributed by atoms with Crippen molar-refractivity contribution in [2.45, 2.75) is 26.2 Å². The van der Waals surface area contributed by atoms with Crippen molar-refractivity contribution >= 4 is 74.0 Å². The van der Waals surface area contributed by atoms with Gasteiger partial charge in [-0.1, -0.05) is 160 Å². The maximum Gasteiger partial charge on any atom is 1.00 e. The Labute approximate surface area is 418 Å². The topological polar surface area (TPSA) is 0 Å². The van der Waals surface area contributed by atoms with Gasteiger partial charge in [0, 0.05) is 0 Å². The summed E-state index contributed by atoms with van der Waals surface area (Å²) >= 11 is 0. The van der Waals surface area contributed by atoms with Gasteiger partial charge >= 0.3 is 44.8 Å². The third-order valence-electron chi connectivity index (χ3n) is 12.6. The first-order valence-electron chi connectivity index (χ1n) is 21.5. The quantitative estimate of drug-likeness (QED) is 0.0647. The first-order chi connectivity index (χ1) is 30.2. The van der Waals surface area contributed by atoms with E-state index in [9.17, 15) is 0 Å². The average Bonchev–Trinajstić information content (AvgIpc) is 3.70. The third-order valence-corrected chi connectivity index (χ3v) is 25.8. The molecule has 0 nitrogen and oxygen atoms in total. The molecule has 0 N–H and O–H groups in total. The van der Waals surface area contributed by atoms with Crippen LogP contribution in [0.25, 0.3) is 22.3 Å². The standard InChI is InChI=1S/C26H24P2.2C16H13Si.2Au/c1-5-13-23(14-6-1)27(24-15-7-2-8-16-24)21-22-28(25-17-9-3-10-18-25)26-19-11-4-12-20-26;2*1-4-12-9-10-16-14(11-12)13-7-5-6-8-15(13)17(16,2)3;;/h1-20H,21-22H2;2*5-11H,2-3H3;;/q;2*-1;2*+1/p+2. The first kappa shape index (κ1) is 49.1. The summed E-state index contributed by atoms with van der Waals surface area (Å²) in [5.41, 5.74) is 7.08. The zero-order valence-corrected chi connectivity index (χ0v) is 45.0. The second kappa shape index (κ2) is 22.2. The largest absolute Gasteiger partial charge is 1.00 e. The van der Waals surface area contributed by atoms with Crippen LogP contribution in [0, 0.1) is 24.7 Å². The summed E-state index contributed by atoms with van der Waals surface area (Å²) in [7, 11) is -4.58. The molecule has 0 bridgehead atoms. The predicted molar refractivity (Wildman–Crippen MR) is 280 cm³/mol. The van der Waals surface area contributed by atoms with Gasteiger partial charge in [0.1, 0.15) is 28.5 Å². The van der Waals surface area contributed by atoms with Crippen molar-refractivity contribution in [2.24, 2.45) is 0 Å². The van der Waals surface area contributed by atoms with Crippen molar-refractivity contribution in [1.29, 1.82) is 0 Å². The third kappa shape index (κ3) is 10.5. The van der Waals surface area contributed by atoms with Crippen molar-refractivity contribution < 1.29 is 44.8 Å². The summed E-state index contributed by atoms with van der Waals surface area (Å²) in [4.78, 5) is 0. The fraction of sp³-hybridized carbons (Fsp3) is 0.103. The molecule has 0 atom stereocenters. The van der Waals surface area contributed by atoms with E-state index in [2.05, 4.69) is 232 Å². The molecule has 0 spiro atoms. The van der Waals surface area contributed by atoms with Crippen LogP contribution in [0.15, 0.2) is 206 Å². The Hall–Kier alpha value is -4.35. The number of hydrogen-bond donors (Lipinski definition) is 0. The van der Waals surface area contributed by atoms with E-state index in [0.717, 1.165) is 11.1 Å². The molecular weight excluding hydrogens is 1210 g/mol. The van der Waals surface area contributed by atoms with Crippen LogP contribution in [-0.2, 0) is 44.8 Å². The maximum absolute atomic E-state index is 7.25. The van der Waals surface area contributed by atoms with E-state index in [4.69, 9.17) is 12.8 Å². The van der Waals surface area contributed by atoms with Gasteiger partial charge in [-0.05, 0) is 91.5 Å². The van der Waals surface area contributed by atoms with Gasteiger partial charge in [0.15, 0.2) is 0 Å². The zero-order chi connectivity index (χ0) is 43.1. The Morgan fingerprint density at radius 3 is 0.906 bits per heavy atom. The van der Waals surface area contributed by atoms with E-state index in [1.165, 1.54) is 76.5 Å². The molecule has 0 radical (unpaired) electrons. The molecular formula is C58H52Au2P2Si2+2. The molecule has 0 saturated carbocycles. The molecule has 2 aliphatic rings. The average molecular weight is 1260 g/mol. The summed E-state index contributed by atoms with van der Waals surface area (Å²) in [5, 5.41) is 12.1. The summed E-state index contributed by atoms with van der Waals surface area (Å²) < 4.78 is 0. The summed E-state index contributed by atoms with van der Waals surface area (Å²) in [6.07, 6.45) is 17.0. The van der Waals surface area contributed by atoms with Crippen LogP contribution < -0.4 is 42.0 Å². The molecule has 2 heterocycles.